The van der Waals surface area contributed by atoms with E-state index in [9.17, 15) is 44.1 Å². The van der Waals surface area contributed by atoms with Gasteiger partial charge in [-0.25, -0.2) is 0 Å². The standard InChI is InChI=1S/C33H45N7O12.La/c1-50-19-16-38-10-4-22(41)28(44)25(38)31(47)34-7-13-37(14-8-35-32(48)26-29(45)23(42)5-11-39(26)17-20-51-2)15-9-36-33(49)27-30(46)24(43)6-12-40(27)18-21-52-3;/h4-6,10-12,44-46H,7-9,13-21H2,1-3H3,(H,34,47)(H,35,48)(H,36,49);/q;+3/p-3. The molecule has 284 valence electrons. The van der Waals surface area contributed by atoms with Crippen LogP contribution in [0.1, 0.15) is 31.5 Å². The molecule has 0 aromatic carbocycles. The SMILES string of the molecule is COCCn1ccc(=O)c([O-])c1C(=O)NCCN(CCNC(=O)c1c([O-])c(=O)ccn1CCOC)CCNC(=O)c1c([O-])c(=O)ccn1CCOC.[La+3]. The summed E-state index contributed by atoms with van der Waals surface area (Å²) < 4.78 is 19.0. The van der Waals surface area contributed by atoms with Gasteiger partial charge in [-0.3, -0.25) is 33.7 Å². The minimum absolute atomic E-state index is 0. The first-order valence-electron chi connectivity index (χ1n) is 16.2. The zero-order chi connectivity index (χ0) is 38.2. The number of methoxy groups -OCH3 is 3. The first-order chi connectivity index (χ1) is 24.9. The molecule has 0 saturated heterocycles. The summed E-state index contributed by atoms with van der Waals surface area (Å²) in [5.74, 6) is -5.36. The van der Waals surface area contributed by atoms with Gasteiger partial charge in [0.1, 0.15) is 17.1 Å². The van der Waals surface area contributed by atoms with Crippen molar-refractivity contribution in [1.82, 2.24) is 34.6 Å². The summed E-state index contributed by atoms with van der Waals surface area (Å²) in [5, 5.41) is 45.5. The van der Waals surface area contributed by atoms with Gasteiger partial charge >= 0.3 is 35.6 Å². The van der Waals surface area contributed by atoms with Crippen molar-refractivity contribution in [2.75, 3.05) is 80.4 Å². The van der Waals surface area contributed by atoms with Gasteiger partial charge in [-0.05, 0) is 17.2 Å². The number of carbonyl (C=O) groups is 3. The van der Waals surface area contributed by atoms with Crippen molar-refractivity contribution >= 4 is 17.7 Å². The first-order valence-corrected chi connectivity index (χ1v) is 16.2. The van der Waals surface area contributed by atoms with E-state index < -0.39 is 51.3 Å². The Morgan fingerprint density at radius 3 is 1.08 bits per heavy atom. The summed E-state index contributed by atoms with van der Waals surface area (Å²) in [6.45, 7) is 1.10. The Kier molecular flexibility index (Phi) is 19.2. The number of hydrogen-bond acceptors (Lipinski definition) is 13. The van der Waals surface area contributed by atoms with Crippen LogP contribution >= 0.6 is 0 Å². The number of amides is 3. The van der Waals surface area contributed by atoms with Gasteiger partial charge in [-0.15, -0.1) is 0 Å². The van der Waals surface area contributed by atoms with Crippen molar-refractivity contribution in [3.05, 3.63) is 84.5 Å². The van der Waals surface area contributed by atoms with Crippen LogP contribution in [0, 0.1) is 35.6 Å². The number of rotatable bonds is 21. The fourth-order valence-electron chi connectivity index (χ4n) is 5.06. The third-order valence-corrected chi connectivity index (χ3v) is 7.79. The van der Waals surface area contributed by atoms with Crippen LogP contribution < -0.4 is 47.6 Å². The monoisotopic (exact) mass is 867 g/mol. The minimum Gasteiger partial charge on any atom is -0.868 e. The molecule has 3 heterocycles. The van der Waals surface area contributed by atoms with E-state index >= 15 is 0 Å². The van der Waals surface area contributed by atoms with Crippen LogP contribution in [-0.2, 0) is 33.8 Å². The number of nitrogens with zero attached hydrogens (tertiary/aromatic N) is 4. The first kappa shape index (κ1) is 44.9. The Bertz CT molecular complexity index is 1670. The van der Waals surface area contributed by atoms with Gasteiger partial charge in [-0.1, -0.05) is 0 Å². The van der Waals surface area contributed by atoms with Crippen molar-refractivity contribution < 1.29 is 79.5 Å². The van der Waals surface area contributed by atoms with Crippen LogP contribution in [0.4, 0.5) is 0 Å². The van der Waals surface area contributed by atoms with Crippen LogP contribution in [0.2, 0.25) is 0 Å². The van der Waals surface area contributed by atoms with E-state index in [1.807, 2.05) is 0 Å². The molecule has 53 heavy (non-hydrogen) atoms. The molecule has 19 nitrogen and oxygen atoms in total. The number of ether oxygens (including phenoxy) is 3. The average Bonchev–Trinajstić information content (AvgIpc) is 3.12. The Hall–Kier alpha value is -4.31. The third kappa shape index (κ3) is 12.7. The van der Waals surface area contributed by atoms with E-state index in [0.717, 1.165) is 18.2 Å². The Balaban J connectivity index is 0.00000972. The molecule has 0 saturated carbocycles. The second-order valence-electron chi connectivity index (χ2n) is 11.2. The van der Waals surface area contributed by atoms with Gasteiger partial charge in [0.15, 0.2) is 16.3 Å². The van der Waals surface area contributed by atoms with E-state index in [-0.39, 0.29) is 131 Å². The van der Waals surface area contributed by atoms with Crippen LogP contribution in [0.5, 0.6) is 17.2 Å². The zero-order valence-electron chi connectivity index (χ0n) is 29.7. The van der Waals surface area contributed by atoms with E-state index in [0.29, 0.717) is 0 Å². The maximum atomic E-state index is 13.1. The van der Waals surface area contributed by atoms with Crippen LogP contribution in [-0.4, -0.2) is 117 Å². The smallest absolute Gasteiger partial charge is 0.868 e. The van der Waals surface area contributed by atoms with Crippen molar-refractivity contribution in [1.29, 1.82) is 0 Å². The fraction of sp³-hybridized carbons (Fsp3) is 0.455. The predicted molar refractivity (Wildman–Crippen MR) is 180 cm³/mol. The van der Waals surface area contributed by atoms with Gasteiger partial charge in [0.2, 0.25) is 0 Å². The molecule has 3 N–H and O–H groups in total. The maximum absolute atomic E-state index is 13.1. The normalized spacial score (nSPS) is 10.9. The van der Waals surface area contributed by atoms with Crippen LogP contribution in [0.25, 0.3) is 0 Å². The number of nitrogens with one attached hydrogen (secondary N) is 3. The second-order valence-corrected chi connectivity index (χ2v) is 11.2. The fourth-order valence-corrected chi connectivity index (χ4v) is 5.06. The Morgan fingerprint density at radius 2 is 0.830 bits per heavy atom. The number of carbonyl (C=O) groups excluding carboxylic acids is 3. The van der Waals surface area contributed by atoms with Gasteiger partial charge < -0.3 is 59.2 Å². The molecule has 0 fully saturated rings. The zero-order valence-corrected chi connectivity index (χ0v) is 33.3. The topological polar surface area (TPSA) is 253 Å². The Morgan fingerprint density at radius 1 is 0.566 bits per heavy atom. The molecule has 3 rings (SSSR count). The molecule has 0 aliphatic rings. The van der Waals surface area contributed by atoms with Crippen molar-refractivity contribution in [2.24, 2.45) is 0 Å². The summed E-state index contributed by atoms with van der Waals surface area (Å²) in [4.78, 5) is 77.0. The molecule has 20 heteroatoms. The van der Waals surface area contributed by atoms with Crippen molar-refractivity contribution in [3.63, 3.8) is 0 Å². The van der Waals surface area contributed by atoms with Gasteiger partial charge in [0, 0.05) is 117 Å². The van der Waals surface area contributed by atoms with E-state index in [1.54, 1.807) is 4.90 Å². The molecule has 0 spiro atoms. The van der Waals surface area contributed by atoms with Crippen molar-refractivity contribution in [2.45, 2.75) is 19.6 Å². The predicted octanol–water partition coefficient (Wildman–Crippen LogP) is -3.78. The number of hydrogen-bond donors (Lipinski definition) is 3. The van der Waals surface area contributed by atoms with E-state index in [1.165, 1.54) is 53.6 Å². The summed E-state index contributed by atoms with van der Waals surface area (Å²) in [5.41, 5.74) is -3.68. The third-order valence-electron chi connectivity index (χ3n) is 7.79. The van der Waals surface area contributed by atoms with Crippen LogP contribution in [0.3, 0.4) is 0 Å². The minimum atomic E-state index is -0.983. The summed E-state index contributed by atoms with van der Waals surface area (Å²) in [6.07, 6.45) is 3.96. The quantitative estimate of drug-likeness (QED) is 0.0931. The number of aromatic nitrogens is 3. The summed E-state index contributed by atoms with van der Waals surface area (Å²) in [6, 6.07) is 3.18. The van der Waals surface area contributed by atoms with Gasteiger partial charge in [0.25, 0.3) is 17.7 Å². The molecule has 0 unspecified atom stereocenters. The summed E-state index contributed by atoms with van der Waals surface area (Å²) in [7, 11) is 4.33. The molecule has 0 atom stereocenters. The van der Waals surface area contributed by atoms with E-state index in [4.69, 9.17) is 14.2 Å². The van der Waals surface area contributed by atoms with E-state index in [2.05, 4.69) is 16.0 Å². The molecule has 3 aromatic rings. The molecule has 3 aromatic heterocycles. The second kappa shape index (κ2) is 22.7. The van der Waals surface area contributed by atoms with Gasteiger partial charge in [-0.2, -0.15) is 0 Å². The summed E-state index contributed by atoms with van der Waals surface area (Å²) >= 11 is 0. The molecule has 0 bridgehead atoms. The molecule has 0 radical (unpaired) electrons. The average molecular weight is 868 g/mol. The number of pyridine rings is 3. The largest absolute Gasteiger partial charge is 3.00 e. The molecule has 0 aliphatic heterocycles. The maximum Gasteiger partial charge on any atom is 3.00 e. The van der Waals surface area contributed by atoms with Crippen LogP contribution in [0.15, 0.2) is 51.2 Å². The molecular formula is C33H42LaN7O12. The molecule has 0 aliphatic carbocycles. The van der Waals surface area contributed by atoms with Crippen molar-refractivity contribution in [3.8, 4) is 17.2 Å². The molecule has 3 amide bonds. The molecular weight excluding hydrogens is 825 g/mol. The Labute approximate surface area is 332 Å². The van der Waals surface area contributed by atoms with Gasteiger partial charge in [0.05, 0.1) is 19.8 Å².